The molecule has 2 amide bonds. The van der Waals surface area contributed by atoms with E-state index in [0.717, 1.165) is 5.56 Å². The lowest BCUT2D eigenvalue weighted by Crippen LogP contribution is -2.43. The van der Waals surface area contributed by atoms with E-state index >= 15 is 0 Å². The minimum atomic E-state index is -1.09. The van der Waals surface area contributed by atoms with Crippen LogP contribution < -0.4 is 10.6 Å². The van der Waals surface area contributed by atoms with E-state index in [1.807, 2.05) is 30.3 Å². The van der Waals surface area contributed by atoms with Gasteiger partial charge in [0.25, 0.3) is 0 Å². The SMILES string of the molecule is COC(=O)[C@@H](CC(=O)OC(C)(C)C)NC(=O)CCCCCNC(=O)OCc1ccccc1. The third kappa shape index (κ3) is 12.6. The lowest BCUT2D eigenvalue weighted by molar-refractivity contribution is -0.159. The summed E-state index contributed by atoms with van der Waals surface area (Å²) in [4.78, 5) is 47.6. The molecule has 0 fully saturated rings. The van der Waals surface area contributed by atoms with Crippen molar-refractivity contribution < 1.29 is 33.4 Å². The molecule has 0 aliphatic rings. The van der Waals surface area contributed by atoms with Crippen LogP contribution in [0.2, 0.25) is 0 Å². The molecule has 1 atom stereocenters. The summed E-state index contributed by atoms with van der Waals surface area (Å²) in [5, 5.41) is 5.18. The second-order valence-electron chi connectivity index (χ2n) is 8.23. The Kier molecular flexibility index (Phi) is 11.8. The highest BCUT2D eigenvalue weighted by Crippen LogP contribution is 2.10. The van der Waals surface area contributed by atoms with Crippen LogP contribution >= 0.6 is 0 Å². The van der Waals surface area contributed by atoms with Gasteiger partial charge in [-0.2, -0.15) is 0 Å². The molecule has 2 N–H and O–H groups in total. The maximum atomic E-state index is 12.1. The zero-order valence-electron chi connectivity index (χ0n) is 19.3. The number of alkyl carbamates (subject to hydrolysis) is 1. The normalized spacial score (nSPS) is 11.8. The predicted octanol–water partition coefficient (Wildman–Crippen LogP) is 2.86. The van der Waals surface area contributed by atoms with Gasteiger partial charge in [0, 0.05) is 13.0 Å². The minimum absolute atomic E-state index is 0.181. The van der Waals surface area contributed by atoms with Crippen LogP contribution in [0.1, 0.15) is 58.4 Å². The van der Waals surface area contributed by atoms with Gasteiger partial charge in [-0.05, 0) is 39.2 Å². The first-order valence-electron chi connectivity index (χ1n) is 10.6. The number of amides is 2. The molecule has 0 saturated carbocycles. The van der Waals surface area contributed by atoms with E-state index in [4.69, 9.17) is 9.47 Å². The van der Waals surface area contributed by atoms with Crippen LogP contribution in [-0.2, 0) is 35.2 Å². The van der Waals surface area contributed by atoms with E-state index in [-0.39, 0.29) is 25.4 Å². The molecule has 0 bridgehead atoms. The fraction of sp³-hybridized carbons (Fsp3) is 0.565. The number of hydrogen-bond donors (Lipinski definition) is 2. The molecule has 1 aromatic carbocycles. The van der Waals surface area contributed by atoms with Gasteiger partial charge in [0.1, 0.15) is 18.2 Å². The van der Waals surface area contributed by atoms with Crippen LogP contribution in [-0.4, -0.2) is 49.2 Å². The smallest absolute Gasteiger partial charge is 0.407 e. The Balaban J connectivity index is 2.22. The molecule has 1 rings (SSSR count). The number of benzene rings is 1. The van der Waals surface area contributed by atoms with Gasteiger partial charge in [-0.1, -0.05) is 36.8 Å². The van der Waals surface area contributed by atoms with Crippen molar-refractivity contribution in [3.8, 4) is 0 Å². The number of ether oxygens (including phenoxy) is 3. The molecule has 1 aromatic rings. The van der Waals surface area contributed by atoms with Crippen molar-refractivity contribution in [3.05, 3.63) is 35.9 Å². The van der Waals surface area contributed by atoms with Gasteiger partial charge in [-0.25, -0.2) is 9.59 Å². The molecule has 9 nitrogen and oxygen atoms in total. The number of esters is 2. The van der Waals surface area contributed by atoms with Crippen LogP contribution in [0.5, 0.6) is 0 Å². The van der Waals surface area contributed by atoms with Crippen LogP contribution in [0.25, 0.3) is 0 Å². The lowest BCUT2D eigenvalue weighted by atomic mass is 10.1. The first-order chi connectivity index (χ1) is 15.1. The molecule has 178 valence electrons. The van der Waals surface area contributed by atoms with E-state index < -0.39 is 29.7 Å². The van der Waals surface area contributed by atoms with Gasteiger partial charge in [0.15, 0.2) is 0 Å². The quantitative estimate of drug-likeness (QED) is 0.285. The predicted molar refractivity (Wildman–Crippen MR) is 118 cm³/mol. The van der Waals surface area contributed by atoms with Gasteiger partial charge in [-0.15, -0.1) is 0 Å². The highest BCUT2D eigenvalue weighted by Gasteiger charge is 2.27. The maximum absolute atomic E-state index is 12.1. The van der Waals surface area contributed by atoms with E-state index in [0.29, 0.717) is 25.8 Å². The van der Waals surface area contributed by atoms with Crippen molar-refractivity contribution in [3.63, 3.8) is 0 Å². The summed E-state index contributed by atoms with van der Waals surface area (Å²) in [6.07, 6.45) is 1.32. The van der Waals surface area contributed by atoms with Crippen molar-refractivity contribution in [1.29, 1.82) is 0 Å². The minimum Gasteiger partial charge on any atom is -0.467 e. The van der Waals surface area contributed by atoms with Crippen molar-refractivity contribution in [1.82, 2.24) is 10.6 Å². The summed E-state index contributed by atoms with van der Waals surface area (Å²) in [5.41, 5.74) is 0.217. The molecule has 0 aliphatic heterocycles. The molecule has 0 aromatic heterocycles. The molecule has 9 heteroatoms. The second-order valence-corrected chi connectivity index (χ2v) is 8.23. The average molecular weight is 451 g/mol. The van der Waals surface area contributed by atoms with Gasteiger partial charge in [0.05, 0.1) is 13.5 Å². The van der Waals surface area contributed by atoms with Crippen LogP contribution in [0.3, 0.4) is 0 Å². The molecule has 0 unspecified atom stereocenters. The standard InChI is InChI=1S/C23H34N2O7/c1-23(2,3)32-20(27)15-18(21(28)30-4)25-19(26)13-9-6-10-14-24-22(29)31-16-17-11-7-5-8-12-17/h5,7-8,11-12,18H,6,9-10,13-16H2,1-4H3,(H,24,29)(H,25,26)/t18-/m1/s1. The van der Waals surface area contributed by atoms with Crippen molar-refractivity contribution >= 4 is 23.9 Å². The van der Waals surface area contributed by atoms with Crippen molar-refractivity contribution in [2.75, 3.05) is 13.7 Å². The molecule has 0 radical (unpaired) electrons. The van der Waals surface area contributed by atoms with Gasteiger partial charge < -0.3 is 24.8 Å². The summed E-state index contributed by atoms with van der Waals surface area (Å²) in [5.74, 6) is -1.67. The zero-order valence-corrected chi connectivity index (χ0v) is 19.3. The number of rotatable bonds is 12. The topological polar surface area (TPSA) is 120 Å². The van der Waals surface area contributed by atoms with Crippen LogP contribution in [0, 0.1) is 0 Å². The summed E-state index contributed by atoms with van der Waals surface area (Å²) in [7, 11) is 1.19. The number of methoxy groups -OCH3 is 1. The van der Waals surface area contributed by atoms with Crippen LogP contribution in [0.15, 0.2) is 30.3 Å². The lowest BCUT2D eigenvalue weighted by Gasteiger charge is -2.22. The Bertz CT molecular complexity index is 744. The fourth-order valence-electron chi connectivity index (χ4n) is 2.70. The summed E-state index contributed by atoms with van der Waals surface area (Å²) < 4.78 is 15.0. The van der Waals surface area contributed by atoms with Gasteiger partial charge in [0.2, 0.25) is 5.91 Å². The Morgan fingerprint density at radius 3 is 2.31 bits per heavy atom. The summed E-state index contributed by atoms with van der Waals surface area (Å²) in [6, 6.07) is 8.28. The number of hydrogen-bond acceptors (Lipinski definition) is 7. The first kappa shape index (κ1) is 26.9. The molecule has 32 heavy (non-hydrogen) atoms. The molecular weight excluding hydrogens is 416 g/mol. The number of unbranched alkanes of at least 4 members (excludes halogenated alkanes) is 2. The average Bonchev–Trinajstić information content (AvgIpc) is 2.73. The van der Waals surface area contributed by atoms with Crippen molar-refractivity contribution in [2.45, 2.75) is 71.1 Å². The third-order valence-electron chi connectivity index (χ3n) is 4.17. The van der Waals surface area contributed by atoms with E-state index in [2.05, 4.69) is 15.4 Å². The monoisotopic (exact) mass is 450 g/mol. The van der Waals surface area contributed by atoms with Crippen molar-refractivity contribution in [2.24, 2.45) is 0 Å². The Morgan fingerprint density at radius 1 is 1.00 bits per heavy atom. The Hall–Kier alpha value is -3.10. The number of nitrogens with one attached hydrogen (secondary N) is 2. The molecule has 0 spiro atoms. The first-order valence-corrected chi connectivity index (χ1v) is 10.6. The van der Waals surface area contributed by atoms with Gasteiger partial charge >= 0.3 is 18.0 Å². The highest BCUT2D eigenvalue weighted by atomic mass is 16.6. The number of carbonyl (C=O) groups excluding carboxylic acids is 4. The van der Waals surface area contributed by atoms with E-state index in [1.54, 1.807) is 20.8 Å². The van der Waals surface area contributed by atoms with E-state index in [9.17, 15) is 19.2 Å². The Morgan fingerprint density at radius 2 is 1.69 bits per heavy atom. The second kappa shape index (κ2) is 14.1. The molecular formula is C23H34N2O7. The maximum Gasteiger partial charge on any atom is 0.407 e. The van der Waals surface area contributed by atoms with Gasteiger partial charge in [-0.3, -0.25) is 9.59 Å². The van der Waals surface area contributed by atoms with E-state index in [1.165, 1.54) is 7.11 Å². The largest absolute Gasteiger partial charge is 0.467 e. The Labute approximate surface area is 189 Å². The summed E-state index contributed by atoms with van der Waals surface area (Å²) >= 11 is 0. The van der Waals surface area contributed by atoms with Crippen LogP contribution in [0.4, 0.5) is 4.79 Å². The molecule has 0 saturated heterocycles. The number of carbonyl (C=O) groups is 4. The zero-order chi connectivity index (χ0) is 24.0. The highest BCUT2D eigenvalue weighted by molar-refractivity contribution is 5.88. The molecule has 0 heterocycles. The molecule has 0 aliphatic carbocycles. The fourth-order valence-corrected chi connectivity index (χ4v) is 2.70. The third-order valence-corrected chi connectivity index (χ3v) is 4.17. The summed E-state index contributed by atoms with van der Waals surface area (Å²) in [6.45, 7) is 5.79.